The summed E-state index contributed by atoms with van der Waals surface area (Å²) in [7, 11) is 0.954. The number of hydrogen-bond acceptors (Lipinski definition) is 0. The van der Waals surface area contributed by atoms with Gasteiger partial charge in [0.1, 0.15) is 12.9 Å². The molecule has 1 nitrogen and oxygen atoms in total. The first-order chi connectivity index (χ1) is 14.5. The van der Waals surface area contributed by atoms with E-state index in [1.165, 1.54) is 30.5 Å². The molecule has 4 rings (SSSR count). The molecule has 30 heavy (non-hydrogen) atoms. The summed E-state index contributed by atoms with van der Waals surface area (Å²) in [5.41, 5.74) is 6.52. The van der Waals surface area contributed by atoms with E-state index in [1.807, 2.05) is 45.4 Å². The molecule has 1 fully saturated rings. The smallest absolute Gasteiger partial charge is 0.206 e. The molecule has 0 saturated carbocycles. The van der Waals surface area contributed by atoms with E-state index in [0.717, 1.165) is 33.3 Å². The standard InChI is InChI=1S/C27H35FNSi/c1-17-14-18(2)26(28)25(20(17)4)27-24-9-8-22(16-23(24)15-19(3)29(27)5)21-10-12-30(6,7)13-11-21/h8-9,14-16,21H,10-13H2,1-7H3/q+1/i15D. The zero-order valence-corrected chi connectivity index (χ0v) is 20.5. The molecule has 2 heterocycles. The van der Waals surface area contributed by atoms with Crippen molar-refractivity contribution in [3.05, 3.63) is 64.1 Å². The molecule has 0 radical (unpaired) electrons. The molecule has 3 heteroatoms. The molecule has 0 atom stereocenters. The van der Waals surface area contributed by atoms with E-state index < -0.39 is 8.07 Å². The van der Waals surface area contributed by atoms with Gasteiger partial charge in [-0.15, -0.1) is 0 Å². The van der Waals surface area contributed by atoms with E-state index in [0.29, 0.717) is 23.1 Å². The third-order valence-electron chi connectivity index (χ3n) is 7.47. The first kappa shape index (κ1) is 19.9. The fourth-order valence-electron chi connectivity index (χ4n) is 5.12. The lowest BCUT2D eigenvalue weighted by Crippen LogP contribution is -2.35. The van der Waals surface area contributed by atoms with Crippen LogP contribution in [0.4, 0.5) is 4.39 Å². The predicted molar refractivity (Wildman–Crippen MR) is 129 cm³/mol. The van der Waals surface area contributed by atoms with Gasteiger partial charge in [0.2, 0.25) is 5.69 Å². The van der Waals surface area contributed by atoms with Crippen LogP contribution in [0.15, 0.2) is 30.3 Å². The summed E-state index contributed by atoms with van der Waals surface area (Å²) < 4.78 is 26.3. The number of halogens is 1. The Labute approximate surface area is 183 Å². The van der Waals surface area contributed by atoms with Gasteiger partial charge in [-0.05, 0) is 73.2 Å². The van der Waals surface area contributed by atoms with Crippen molar-refractivity contribution in [1.82, 2.24) is 0 Å². The monoisotopic (exact) mass is 421 g/mol. The van der Waals surface area contributed by atoms with E-state index in [-0.39, 0.29) is 5.82 Å². The molecular weight excluding hydrogens is 385 g/mol. The quantitative estimate of drug-likeness (QED) is 0.302. The van der Waals surface area contributed by atoms with E-state index in [9.17, 15) is 0 Å². The summed E-state index contributed by atoms with van der Waals surface area (Å²) in [5, 5.41) is 1.92. The van der Waals surface area contributed by atoms with Gasteiger partial charge >= 0.3 is 0 Å². The number of hydrogen-bond donors (Lipinski definition) is 0. The van der Waals surface area contributed by atoms with Gasteiger partial charge in [-0.2, -0.15) is 4.57 Å². The van der Waals surface area contributed by atoms with Crippen LogP contribution in [0.25, 0.3) is 22.0 Å². The van der Waals surface area contributed by atoms with Crippen LogP contribution in [0.3, 0.4) is 0 Å². The van der Waals surface area contributed by atoms with E-state index in [4.69, 9.17) is 1.37 Å². The number of rotatable bonds is 2. The lowest BCUT2D eigenvalue weighted by Gasteiger charge is -2.33. The Kier molecular flexibility index (Phi) is 5.05. The maximum absolute atomic E-state index is 15.5. The van der Waals surface area contributed by atoms with Crippen LogP contribution in [0.2, 0.25) is 25.2 Å². The third-order valence-corrected chi connectivity index (χ3v) is 10.7. The normalized spacial score (nSPS) is 17.4. The van der Waals surface area contributed by atoms with Gasteiger partial charge in [-0.1, -0.05) is 43.4 Å². The molecule has 0 unspecified atom stereocenters. The van der Waals surface area contributed by atoms with Gasteiger partial charge in [0.05, 0.1) is 12.3 Å². The van der Waals surface area contributed by atoms with Crippen LogP contribution >= 0.6 is 0 Å². The van der Waals surface area contributed by atoms with Crippen molar-refractivity contribution in [3.8, 4) is 11.3 Å². The minimum absolute atomic E-state index is 0.152. The number of benzene rings is 2. The largest absolute Gasteiger partial charge is 0.223 e. The van der Waals surface area contributed by atoms with E-state index in [1.54, 1.807) is 0 Å². The van der Waals surface area contributed by atoms with Crippen molar-refractivity contribution < 1.29 is 10.3 Å². The SMILES string of the molecule is [2H]c1c(C)[n+](C)c(-c2c(C)c(C)cc(C)c2F)c2ccc(C3CC[Si](C)(C)CC3)cc12. The Hall–Kier alpha value is -2.00. The second-order valence-corrected chi connectivity index (χ2v) is 15.5. The molecule has 158 valence electrons. The molecule has 0 bridgehead atoms. The molecule has 3 aromatic rings. The highest BCUT2D eigenvalue weighted by Gasteiger charge is 2.30. The summed E-state index contributed by atoms with van der Waals surface area (Å²) in [6, 6.07) is 11.8. The van der Waals surface area contributed by atoms with Crippen LogP contribution in [-0.2, 0) is 7.05 Å². The maximum atomic E-state index is 15.5. The van der Waals surface area contributed by atoms with E-state index >= 15 is 4.39 Å². The Bertz CT molecular complexity index is 1160. The highest BCUT2D eigenvalue weighted by Crippen LogP contribution is 2.40. The van der Waals surface area contributed by atoms with Crippen LogP contribution in [0.5, 0.6) is 0 Å². The van der Waals surface area contributed by atoms with Crippen molar-refractivity contribution in [2.75, 3.05) is 0 Å². The van der Waals surface area contributed by atoms with Crippen molar-refractivity contribution in [2.24, 2.45) is 7.05 Å². The minimum Gasteiger partial charge on any atom is -0.206 e. The molecule has 1 aromatic heterocycles. The van der Waals surface area contributed by atoms with Crippen LogP contribution in [-0.4, -0.2) is 8.07 Å². The zero-order valence-electron chi connectivity index (χ0n) is 20.5. The maximum Gasteiger partial charge on any atom is 0.223 e. The summed E-state index contributed by atoms with van der Waals surface area (Å²) in [6.45, 7) is 12.9. The van der Waals surface area contributed by atoms with Crippen LogP contribution < -0.4 is 4.57 Å². The molecule has 1 aliphatic heterocycles. The van der Waals surface area contributed by atoms with Gasteiger partial charge in [0.15, 0.2) is 5.69 Å². The second-order valence-electron chi connectivity index (χ2n) is 10.2. The van der Waals surface area contributed by atoms with Gasteiger partial charge in [-0.3, -0.25) is 0 Å². The molecule has 1 aliphatic rings. The average molecular weight is 422 g/mol. The average Bonchev–Trinajstić information content (AvgIpc) is 2.73. The molecule has 0 N–H and O–H groups in total. The van der Waals surface area contributed by atoms with Crippen LogP contribution in [0.1, 0.15) is 48.1 Å². The Morgan fingerprint density at radius 2 is 1.70 bits per heavy atom. The van der Waals surface area contributed by atoms with Gasteiger partial charge in [-0.25, -0.2) is 4.39 Å². The Balaban J connectivity index is 1.95. The van der Waals surface area contributed by atoms with Gasteiger partial charge < -0.3 is 0 Å². The van der Waals surface area contributed by atoms with E-state index in [2.05, 4.69) is 31.3 Å². The second kappa shape index (κ2) is 7.60. The molecule has 0 spiro atoms. The highest BCUT2D eigenvalue weighted by atomic mass is 28.3. The number of aromatic nitrogens is 1. The predicted octanol–water partition coefficient (Wildman–Crippen LogP) is 7.29. The lowest BCUT2D eigenvalue weighted by molar-refractivity contribution is -0.665. The van der Waals surface area contributed by atoms with Crippen LogP contribution in [0, 0.1) is 33.5 Å². The Morgan fingerprint density at radius 1 is 1.03 bits per heavy atom. The number of pyridine rings is 1. The van der Waals surface area contributed by atoms with Crippen molar-refractivity contribution >= 4 is 18.8 Å². The summed E-state index contributed by atoms with van der Waals surface area (Å²) in [5.74, 6) is 0.433. The van der Waals surface area contributed by atoms with Crippen molar-refractivity contribution in [1.29, 1.82) is 0 Å². The number of nitrogens with zero attached hydrogens (tertiary/aromatic N) is 1. The summed E-state index contributed by atoms with van der Waals surface area (Å²) in [6.07, 6.45) is 2.52. The molecule has 1 saturated heterocycles. The molecule has 2 aromatic carbocycles. The number of aryl methyl sites for hydroxylation is 2. The lowest BCUT2D eigenvalue weighted by atomic mass is 9.89. The Morgan fingerprint density at radius 3 is 2.37 bits per heavy atom. The molecule has 0 aliphatic carbocycles. The first-order valence-corrected chi connectivity index (χ1v) is 14.6. The molecule has 0 amide bonds. The fraction of sp³-hybridized carbons (Fsp3) is 0.444. The fourth-order valence-corrected chi connectivity index (χ4v) is 7.63. The highest BCUT2D eigenvalue weighted by molar-refractivity contribution is 6.77. The van der Waals surface area contributed by atoms with Crippen molar-refractivity contribution in [3.63, 3.8) is 0 Å². The zero-order chi connectivity index (χ0) is 22.7. The minimum atomic E-state index is -1.00. The summed E-state index contributed by atoms with van der Waals surface area (Å²) in [4.78, 5) is 0. The van der Waals surface area contributed by atoms with Crippen molar-refractivity contribution in [2.45, 2.75) is 71.6 Å². The molecular formula is C27H35FNSi+. The topological polar surface area (TPSA) is 3.88 Å². The third kappa shape index (κ3) is 3.62. The number of fused-ring (bicyclic) bond motifs is 1. The van der Waals surface area contributed by atoms with Gasteiger partial charge in [0, 0.05) is 21.0 Å². The van der Waals surface area contributed by atoms with Gasteiger partial charge in [0.25, 0.3) is 0 Å². The first-order valence-electron chi connectivity index (χ1n) is 11.7. The summed E-state index contributed by atoms with van der Waals surface area (Å²) >= 11 is 0.